The highest BCUT2D eigenvalue weighted by atomic mass is 32.2. The molecule has 1 aromatic carbocycles. The number of aromatic nitrogens is 1. The molecule has 2 aromatic rings. The molecule has 114 valence electrons. The fourth-order valence-electron chi connectivity index (χ4n) is 1.95. The van der Waals surface area contributed by atoms with E-state index < -0.39 is 11.2 Å². The molecule has 0 aliphatic carbocycles. The van der Waals surface area contributed by atoms with E-state index in [2.05, 4.69) is 17.2 Å². The predicted molar refractivity (Wildman–Crippen MR) is 80.9 cm³/mol. The van der Waals surface area contributed by atoms with Crippen LogP contribution >= 0.6 is 23.1 Å². The van der Waals surface area contributed by atoms with Crippen molar-refractivity contribution in [2.24, 2.45) is 0 Å². The summed E-state index contributed by atoms with van der Waals surface area (Å²) >= 11 is 2.41. The highest BCUT2D eigenvalue weighted by molar-refractivity contribution is 7.99. The van der Waals surface area contributed by atoms with Crippen LogP contribution in [0.5, 0.6) is 0 Å². The van der Waals surface area contributed by atoms with Gasteiger partial charge in [-0.2, -0.15) is 13.2 Å². The van der Waals surface area contributed by atoms with Gasteiger partial charge in [0, 0.05) is 16.0 Å². The van der Waals surface area contributed by atoms with Crippen molar-refractivity contribution >= 4 is 23.1 Å². The Kier molecular flexibility index (Phi) is 5.29. The molecule has 0 spiro atoms. The fraction of sp³-hybridized carbons (Fsp3) is 0.357. The zero-order valence-electron chi connectivity index (χ0n) is 11.6. The van der Waals surface area contributed by atoms with E-state index in [1.807, 2.05) is 24.3 Å². The summed E-state index contributed by atoms with van der Waals surface area (Å²) in [6, 6.07) is 7.57. The van der Waals surface area contributed by atoms with Gasteiger partial charge in [0.25, 0.3) is 0 Å². The minimum absolute atomic E-state index is 0.278. The van der Waals surface area contributed by atoms with E-state index in [9.17, 15) is 13.2 Å². The molecule has 21 heavy (non-hydrogen) atoms. The first-order chi connectivity index (χ1) is 9.95. The van der Waals surface area contributed by atoms with E-state index in [4.69, 9.17) is 0 Å². The maximum absolute atomic E-state index is 12.6. The molecule has 7 heteroatoms. The Balaban J connectivity index is 2.24. The third kappa shape index (κ3) is 3.99. The van der Waals surface area contributed by atoms with Gasteiger partial charge in [0.1, 0.15) is 0 Å². The quantitative estimate of drug-likeness (QED) is 0.811. The second kappa shape index (κ2) is 6.81. The minimum atomic E-state index is -4.39. The van der Waals surface area contributed by atoms with Gasteiger partial charge in [-0.3, -0.25) is 0 Å². The first-order valence-electron chi connectivity index (χ1n) is 6.38. The number of nitrogens with zero attached hydrogens (tertiary/aromatic N) is 1. The predicted octanol–water partition coefficient (Wildman–Crippen LogP) is 4.58. The fourth-order valence-corrected chi connectivity index (χ4v) is 3.53. The van der Waals surface area contributed by atoms with Crippen LogP contribution < -0.4 is 5.32 Å². The topological polar surface area (TPSA) is 24.9 Å². The minimum Gasteiger partial charge on any atom is -0.309 e. The molecule has 0 saturated carbocycles. The average Bonchev–Trinajstić information content (AvgIpc) is 2.91. The number of hydrogen-bond acceptors (Lipinski definition) is 4. The smallest absolute Gasteiger partial charge is 0.309 e. The first-order valence-corrected chi connectivity index (χ1v) is 8.19. The highest BCUT2D eigenvalue weighted by Gasteiger charge is 2.35. The van der Waals surface area contributed by atoms with E-state index in [-0.39, 0.29) is 6.04 Å². The number of hydrogen-bond donors (Lipinski definition) is 1. The summed E-state index contributed by atoms with van der Waals surface area (Å²) in [7, 11) is 1.73. The lowest BCUT2D eigenvalue weighted by molar-refractivity contribution is -0.137. The normalized spacial score (nSPS) is 13.4. The molecule has 0 radical (unpaired) electrons. The number of thioether (sulfide) groups is 1. The molecule has 2 nitrogen and oxygen atoms in total. The van der Waals surface area contributed by atoms with Gasteiger partial charge in [-0.1, -0.05) is 19.1 Å². The maximum atomic E-state index is 12.6. The molecule has 0 aliphatic rings. The number of thiazole rings is 1. The Labute approximate surface area is 129 Å². The van der Waals surface area contributed by atoms with E-state index in [1.54, 1.807) is 18.8 Å². The summed E-state index contributed by atoms with van der Waals surface area (Å²) in [5.41, 5.74) is 0.926. The highest BCUT2D eigenvalue weighted by Crippen LogP contribution is 2.36. The molecule has 2 rings (SSSR count). The molecule has 0 fully saturated rings. The first kappa shape index (κ1) is 16.3. The SMILES string of the molecule is CCSc1ccc(C(NC)c2cnc(C(F)(F)F)s2)cc1. The summed E-state index contributed by atoms with van der Waals surface area (Å²) < 4.78 is 37.9. The van der Waals surface area contributed by atoms with Crippen LogP contribution in [0.25, 0.3) is 0 Å². The number of alkyl halides is 3. The molecule has 1 unspecified atom stereocenters. The molecule has 0 aliphatic heterocycles. The lowest BCUT2D eigenvalue weighted by Gasteiger charge is -2.15. The van der Waals surface area contributed by atoms with Crippen molar-refractivity contribution in [2.45, 2.75) is 24.0 Å². The van der Waals surface area contributed by atoms with Crippen molar-refractivity contribution in [3.05, 3.63) is 45.9 Å². The Hall–Kier alpha value is -1.05. The van der Waals surface area contributed by atoms with Gasteiger partial charge in [-0.15, -0.1) is 23.1 Å². The number of rotatable bonds is 5. The van der Waals surface area contributed by atoms with Crippen molar-refractivity contribution in [3.63, 3.8) is 0 Å². The van der Waals surface area contributed by atoms with E-state index in [0.717, 1.165) is 16.2 Å². The van der Waals surface area contributed by atoms with Crippen molar-refractivity contribution in [1.29, 1.82) is 0 Å². The van der Waals surface area contributed by atoms with Crippen LogP contribution in [0.1, 0.15) is 28.4 Å². The van der Waals surface area contributed by atoms with Crippen LogP contribution in [0.3, 0.4) is 0 Å². The van der Waals surface area contributed by atoms with Crippen LogP contribution in [0, 0.1) is 0 Å². The van der Waals surface area contributed by atoms with Crippen LogP contribution in [0.2, 0.25) is 0 Å². The maximum Gasteiger partial charge on any atom is 0.443 e. The number of benzene rings is 1. The Morgan fingerprint density at radius 2 is 1.95 bits per heavy atom. The second-order valence-electron chi connectivity index (χ2n) is 4.29. The zero-order chi connectivity index (χ0) is 15.5. The van der Waals surface area contributed by atoms with Gasteiger partial charge < -0.3 is 5.32 Å². The van der Waals surface area contributed by atoms with Crippen molar-refractivity contribution in [1.82, 2.24) is 10.3 Å². The van der Waals surface area contributed by atoms with Crippen molar-refractivity contribution < 1.29 is 13.2 Å². The Morgan fingerprint density at radius 1 is 1.29 bits per heavy atom. The van der Waals surface area contributed by atoms with Gasteiger partial charge in [-0.05, 0) is 30.5 Å². The monoisotopic (exact) mass is 332 g/mol. The number of halogens is 3. The largest absolute Gasteiger partial charge is 0.443 e. The van der Waals surface area contributed by atoms with Crippen molar-refractivity contribution in [2.75, 3.05) is 12.8 Å². The molecular weight excluding hydrogens is 317 g/mol. The summed E-state index contributed by atoms with van der Waals surface area (Å²) in [4.78, 5) is 5.18. The lowest BCUT2D eigenvalue weighted by atomic mass is 10.1. The molecule has 1 atom stereocenters. The van der Waals surface area contributed by atoms with Crippen LogP contribution in [-0.4, -0.2) is 17.8 Å². The van der Waals surface area contributed by atoms with Crippen LogP contribution in [0.4, 0.5) is 13.2 Å². The third-order valence-corrected chi connectivity index (χ3v) is 4.86. The van der Waals surface area contributed by atoms with E-state index >= 15 is 0 Å². The standard InChI is InChI=1S/C14H15F3N2S2/c1-3-20-10-6-4-9(5-7-10)12(18-2)11-8-19-13(21-11)14(15,16)17/h4-8,12,18H,3H2,1-2H3. The summed E-state index contributed by atoms with van der Waals surface area (Å²) in [6.07, 6.45) is -3.09. The van der Waals surface area contributed by atoms with Gasteiger partial charge in [0.05, 0.1) is 6.04 Å². The molecule has 0 saturated heterocycles. The molecule has 1 heterocycles. The summed E-state index contributed by atoms with van der Waals surface area (Å²) in [5.74, 6) is 0.985. The van der Waals surface area contributed by atoms with Gasteiger partial charge in [0.15, 0.2) is 5.01 Å². The third-order valence-electron chi connectivity index (χ3n) is 2.86. The Morgan fingerprint density at radius 3 is 2.43 bits per heavy atom. The lowest BCUT2D eigenvalue weighted by Crippen LogP contribution is -2.16. The summed E-state index contributed by atoms with van der Waals surface area (Å²) in [6.45, 7) is 2.07. The van der Waals surface area contributed by atoms with E-state index in [1.165, 1.54) is 6.20 Å². The zero-order valence-corrected chi connectivity index (χ0v) is 13.2. The van der Waals surface area contributed by atoms with Gasteiger partial charge in [0.2, 0.25) is 0 Å². The van der Waals surface area contributed by atoms with Crippen LogP contribution in [0.15, 0.2) is 35.4 Å². The number of nitrogens with one attached hydrogen (secondary N) is 1. The summed E-state index contributed by atoms with van der Waals surface area (Å²) in [5, 5.41) is 2.24. The molecule has 0 amide bonds. The molecule has 1 aromatic heterocycles. The Bertz CT molecular complexity index is 579. The molecule has 0 bridgehead atoms. The van der Waals surface area contributed by atoms with E-state index in [0.29, 0.717) is 16.2 Å². The molecular formula is C14H15F3N2S2. The van der Waals surface area contributed by atoms with Gasteiger partial charge in [-0.25, -0.2) is 4.98 Å². The average molecular weight is 332 g/mol. The second-order valence-corrected chi connectivity index (χ2v) is 6.69. The van der Waals surface area contributed by atoms with Crippen molar-refractivity contribution in [3.8, 4) is 0 Å². The van der Waals surface area contributed by atoms with Gasteiger partial charge >= 0.3 is 6.18 Å². The molecule has 1 N–H and O–H groups in total. The van der Waals surface area contributed by atoms with Crippen LogP contribution in [-0.2, 0) is 6.18 Å².